The zero-order valence-corrected chi connectivity index (χ0v) is 15.7. The van der Waals surface area contributed by atoms with E-state index in [9.17, 15) is 14.4 Å². The third-order valence-corrected chi connectivity index (χ3v) is 4.74. The number of hydrogen-bond donors (Lipinski definition) is 2. The molecule has 1 aromatic rings. The van der Waals surface area contributed by atoms with Crippen LogP contribution in [0.1, 0.15) is 49.9 Å². The lowest BCUT2D eigenvalue weighted by molar-refractivity contribution is -0.128. The van der Waals surface area contributed by atoms with Gasteiger partial charge in [-0.15, -0.1) is 0 Å². The molecule has 1 saturated carbocycles. The second-order valence-corrected chi connectivity index (χ2v) is 7.21. The highest BCUT2D eigenvalue weighted by molar-refractivity contribution is 6.01. The van der Waals surface area contributed by atoms with Crippen LogP contribution in [0.5, 0.6) is 0 Å². The molecule has 0 spiro atoms. The maximum absolute atomic E-state index is 12.6. The number of nitrogens with one attached hydrogen (secondary N) is 2. The van der Waals surface area contributed by atoms with Gasteiger partial charge < -0.3 is 15.4 Å². The van der Waals surface area contributed by atoms with E-state index < -0.39 is 5.97 Å². The maximum Gasteiger partial charge on any atom is 0.339 e. The monoisotopic (exact) mass is 360 g/mol. The zero-order chi connectivity index (χ0) is 19.1. The highest BCUT2D eigenvalue weighted by Crippen LogP contribution is 2.30. The fourth-order valence-electron chi connectivity index (χ4n) is 3.18. The number of hydrogen-bond acceptors (Lipinski definition) is 4. The Hall–Kier alpha value is -2.37. The summed E-state index contributed by atoms with van der Waals surface area (Å²) in [5, 5.41) is 5.81. The summed E-state index contributed by atoms with van der Waals surface area (Å²) in [6, 6.07) is 6.80. The minimum atomic E-state index is -0.480. The van der Waals surface area contributed by atoms with Crippen LogP contribution in [0.15, 0.2) is 24.3 Å². The van der Waals surface area contributed by atoms with Crippen LogP contribution in [0.2, 0.25) is 0 Å². The largest absolute Gasteiger partial charge is 0.465 e. The first-order valence-corrected chi connectivity index (χ1v) is 9.18. The van der Waals surface area contributed by atoms with Crippen molar-refractivity contribution in [3.05, 3.63) is 29.8 Å². The van der Waals surface area contributed by atoms with Gasteiger partial charge in [-0.2, -0.15) is 0 Å². The van der Waals surface area contributed by atoms with Gasteiger partial charge in [0, 0.05) is 18.4 Å². The van der Waals surface area contributed by atoms with Gasteiger partial charge in [-0.25, -0.2) is 4.79 Å². The molecule has 1 aromatic carbocycles. The molecule has 142 valence electrons. The fraction of sp³-hybridized carbons (Fsp3) is 0.550. The highest BCUT2D eigenvalue weighted by Gasteiger charge is 2.30. The number of ether oxygens (including phenoxy) is 1. The Bertz CT molecular complexity index is 649. The molecule has 0 bridgehead atoms. The molecule has 1 fully saturated rings. The molecule has 2 rings (SSSR count). The van der Waals surface area contributed by atoms with E-state index in [-0.39, 0.29) is 23.7 Å². The molecule has 0 saturated heterocycles. The van der Waals surface area contributed by atoms with Crippen molar-refractivity contribution in [2.45, 2.75) is 39.5 Å². The molecule has 6 nitrogen and oxygen atoms in total. The van der Waals surface area contributed by atoms with Crippen molar-refractivity contribution in [3.63, 3.8) is 0 Å². The number of benzene rings is 1. The van der Waals surface area contributed by atoms with Gasteiger partial charge in [0.05, 0.1) is 18.4 Å². The van der Waals surface area contributed by atoms with E-state index in [1.807, 2.05) is 0 Å². The van der Waals surface area contributed by atoms with Crippen molar-refractivity contribution in [1.82, 2.24) is 5.32 Å². The molecule has 2 amide bonds. The molecule has 2 N–H and O–H groups in total. The molecule has 0 heterocycles. The minimum absolute atomic E-state index is 0.0137. The van der Waals surface area contributed by atoms with Crippen molar-refractivity contribution >= 4 is 23.5 Å². The first-order chi connectivity index (χ1) is 12.4. The van der Waals surface area contributed by atoms with E-state index in [1.165, 1.54) is 7.11 Å². The van der Waals surface area contributed by atoms with Gasteiger partial charge in [0.25, 0.3) is 0 Å². The lowest BCUT2D eigenvalue weighted by atomic mass is 9.81. The molecular weight excluding hydrogens is 332 g/mol. The Labute approximate surface area is 154 Å². The SMILES string of the molecule is COC(=O)c1ccccc1NC(=O)C1CCC(C(=O)NCC(C)C)CC1. The summed E-state index contributed by atoms with van der Waals surface area (Å²) >= 11 is 0. The molecule has 1 aliphatic carbocycles. The van der Waals surface area contributed by atoms with Crippen LogP contribution in [0.3, 0.4) is 0 Å². The first kappa shape index (κ1) is 19.9. The summed E-state index contributed by atoms with van der Waals surface area (Å²) in [7, 11) is 1.31. The van der Waals surface area contributed by atoms with E-state index >= 15 is 0 Å². The van der Waals surface area contributed by atoms with Crippen LogP contribution in [0, 0.1) is 17.8 Å². The number of carbonyl (C=O) groups excluding carboxylic acids is 3. The van der Waals surface area contributed by atoms with Gasteiger partial charge in [-0.05, 0) is 43.7 Å². The molecule has 0 aromatic heterocycles. The van der Waals surface area contributed by atoms with Crippen molar-refractivity contribution in [2.75, 3.05) is 19.0 Å². The number of esters is 1. The molecule has 0 unspecified atom stereocenters. The summed E-state index contributed by atoms with van der Waals surface area (Å²) in [4.78, 5) is 36.5. The molecule has 0 radical (unpaired) electrons. The van der Waals surface area contributed by atoms with Crippen molar-refractivity contribution in [2.24, 2.45) is 17.8 Å². The summed E-state index contributed by atoms with van der Waals surface area (Å²) in [5.74, 6) is -0.228. The Morgan fingerprint density at radius 2 is 1.62 bits per heavy atom. The smallest absolute Gasteiger partial charge is 0.339 e. The zero-order valence-electron chi connectivity index (χ0n) is 15.7. The maximum atomic E-state index is 12.6. The quantitative estimate of drug-likeness (QED) is 0.764. The predicted molar refractivity (Wildman–Crippen MR) is 99.7 cm³/mol. The standard InChI is InChI=1S/C20H28N2O4/c1-13(2)12-21-18(23)14-8-10-15(11-9-14)19(24)22-17-7-5-4-6-16(17)20(25)26-3/h4-7,13-15H,8-12H2,1-3H3,(H,21,23)(H,22,24). The van der Waals surface area contributed by atoms with Gasteiger partial charge in [-0.3, -0.25) is 9.59 Å². The van der Waals surface area contributed by atoms with E-state index in [0.717, 1.165) is 0 Å². The highest BCUT2D eigenvalue weighted by atomic mass is 16.5. The minimum Gasteiger partial charge on any atom is -0.465 e. The van der Waals surface area contributed by atoms with Crippen molar-refractivity contribution in [1.29, 1.82) is 0 Å². The van der Waals surface area contributed by atoms with Gasteiger partial charge >= 0.3 is 5.97 Å². The summed E-state index contributed by atoms with van der Waals surface area (Å²) in [6.45, 7) is 4.81. The van der Waals surface area contributed by atoms with E-state index in [1.54, 1.807) is 24.3 Å². The van der Waals surface area contributed by atoms with Crippen molar-refractivity contribution < 1.29 is 19.1 Å². The number of anilines is 1. The van der Waals surface area contributed by atoms with Crippen LogP contribution in [-0.2, 0) is 14.3 Å². The van der Waals surface area contributed by atoms with Gasteiger partial charge in [-0.1, -0.05) is 26.0 Å². The van der Waals surface area contributed by atoms with Crippen LogP contribution < -0.4 is 10.6 Å². The van der Waals surface area contributed by atoms with E-state index in [2.05, 4.69) is 24.5 Å². The predicted octanol–water partition coefficient (Wildman–Crippen LogP) is 2.99. The topological polar surface area (TPSA) is 84.5 Å². The van der Waals surface area contributed by atoms with Crippen LogP contribution >= 0.6 is 0 Å². The van der Waals surface area contributed by atoms with Gasteiger partial charge in [0.2, 0.25) is 11.8 Å². The number of para-hydroxylation sites is 1. The van der Waals surface area contributed by atoms with Crippen LogP contribution in [-0.4, -0.2) is 31.4 Å². The number of methoxy groups -OCH3 is 1. The Balaban J connectivity index is 1.89. The molecule has 0 aliphatic heterocycles. The average molecular weight is 360 g/mol. The van der Waals surface area contributed by atoms with Crippen LogP contribution in [0.4, 0.5) is 5.69 Å². The third kappa shape index (κ3) is 5.31. The summed E-state index contributed by atoms with van der Waals surface area (Å²) in [6.07, 6.45) is 2.76. The molecule has 26 heavy (non-hydrogen) atoms. The summed E-state index contributed by atoms with van der Waals surface area (Å²) < 4.78 is 4.75. The van der Waals surface area contributed by atoms with E-state index in [4.69, 9.17) is 4.74 Å². The Kier molecular flexibility index (Phi) is 7.18. The molecule has 0 atom stereocenters. The first-order valence-electron chi connectivity index (χ1n) is 9.18. The average Bonchev–Trinajstić information content (AvgIpc) is 2.66. The molecule has 6 heteroatoms. The Morgan fingerprint density at radius 1 is 1.04 bits per heavy atom. The number of rotatable bonds is 6. The van der Waals surface area contributed by atoms with Gasteiger partial charge in [0.1, 0.15) is 0 Å². The molecule has 1 aliphatic rings. The second kappa shape index (κ2) is 9.36. The fourth-order valence-corrected chi connectivity index (χ4v) is 3.18. The van der Waals surface area contributed by atoms with Crippen LogP contribution in [0.25, 0.3) is 0 Å². The van der Waals surface area contributed by atoms with E-state index in [0.29, 0.717) is 49.4 Å². The van der Waals surface area contributed by atoms with Gasteiger partial charge in [0.15, 0.2) is 0 Å². The van der Waals surface area contributed by atoms with Crippen molar-refractivity contribution in [3.8, 4) is 0 Å². The Morgan fingerprint density at radius 3 is 2.19 bits per heavy atom. The normalized spacial score (nSPS) is 19.7. The lowest BCUT2D eigenvalue weighted by Crippen LogP contribution is -2.37. The summed E-state index contributed by atoms with van der Waals surface area (Å²) in [5.41, 5.74) is 0.797. The third-order valence-electron chi connectivity index (χ3n) is 4.74. The number of amides is 2. The lowest BCUT2D eigenvalue weighted by Gasteiger charge is -2.27. The second-order valence-electron chi connectivity index (χ2n) is 7.21. The number of carbonyl (C=O) groups is 3. The molecular formula is C20H28N2O4.